The fraction of sp³-hybridized carbons (Fsp3) is 0.600. The number of rotatable bonds is 4. The van der Waals surface area contributed by atoms with Gasteiger partial charge in [0.25, 0.3) is 0 Å². The predicted octanol–water partition coefficient (Wildman–Crippen LogP) is 2.55. The van der Waals surface area contributed by atoms with Gasteiger partial charge in [-0.2, -0.15) is 0 Å². The van der Waals surface area contributed by atoms with Crippen LogP contribution in [0.2, 0.25) is 0 Å². The molecular weight excluding hydrogens is 243 g/mol. The second kappa shape index (κ2) is 6.35. The molecule has 106 valence electrons. The largest absolute Gasteiger partial charge is 0.375 e. The lowest BCUT2D eigenvalue weighted by atomic mass is 10.1. The van der Waals surface area contributed by atoms with Crippen LogP contribution in [0.3, 0.4) is 0 Å². The van der Waals surface area contributed by atoms with Gasteiger partial charge in [-0.25, -0.2) is 4.39 Å². The number of ether oxygens (including phenoxy) is 1. The molecule has 1 heterocycles. The van der Waals surface area contributed by atoms with E-state index in [1.807, 2.05) is 13.1 Å². The van der Waals surface area contributed by atoms with Gasteiger partial charge < -0.3 is 15.0 Å². The van der Waals surface area contributed by atoms with E-state index < -0.39 is 0 Å². The first-order valence-electron chi connectivity index (χ1n) is 6.97. The fourth-order valence-corrected chi connectivity index (χ4v) is 2.65. The van der Waals surface area contributed by atoms with Crippen molar-refractivity contribution in [3.8, 4) is 0 Å². The van der Waals surface area contributed by atoms with Crippen molar-refractivity contribution >= 4 is 5.69 Å². The lowest BCUT2D eigenvalue weighted by molar-refractivity contribution is 0.0298. The molecule has 1 N–H and O–H groups in total. The van der Waals surface area contributed by atoms with Crippen LogP contribution in [0, 0.1) is 5.82 Å². The lowest BCUT2D eigenvalue weighted by Crippen LogP contribution is -2.49. The van der Waals surface area contributed by atoms with Gasteiger partial charge in [0, 0.05) is 24.3 Å². The minimum Gasteiger partial charge on any atom is -0.375 e. The molecule has 2 atom stereocenters. The molecule has 0 bridgehead atoms. The predicted molar refractivity (Wildman–Crippen MR) is 76.0 cm³/mol. The Balaban J connectivity index is 2.35. The normalized spacial score (nSPS) is 23.7. The van der Waals surface area contributed by atoms with Gasteiger partial charge in [-0.1, -0.05) is 13.0 Å². The maximum absolute atomic E-state index is 14.0. The number of nitrogens with one attached hydrogen (secondary N) is 1. The first-order valence-corrected chi connectivity index (χ1v) is 6.97. The Kier molecular flexibility index (Phi) is 4.77. The molecule has 1 aromatic carbocycles. The molecule has 0 aromatic heterocycles. The van der Waals surface area contributed by atoms with E-state index in [2.05, 4.69) is 24.1 Å². The Morgan fingerprint density at radius 2 is 2.26 bits per heavy atom. The molecular formula is C15H23FN2O. The number of nitrogens with zero attached hydrogens (tertiary/aromatic N) is 1. The van der Waals surface area contributed by atoms with E-state index in [9.17, 15) is 4.39 Å². The second-order valence-corrected chi connectivity index (χ2v) is 5.13. The molecule has 19 heavy (non-hydrogen) atoms. The van der Waals surface area contributed by atoms with Gasteiger partial charge in [-0.05, 0) is 32.5 Å². The number of anilines is 1. The average molecular weight is 266 g/mol. The first-order chi connectivity index (χ1) is 9.17. The minimum absolute atomic E-state index is 0.138. The summed E-state index contributed by atoms with van der Waals surface area (Å²) < 4.78 is 19.7. The highest BCUT2D eigenvalue weighted by atomic mass is 19.1. The smallest absolute Gasteiger partial charge is 0.129 e. The molecule has 2 unspecified atom stereocenters. The summed E-state index contributed by atoms with van der Waals surface area (Å²) in [5, 5.41) is 3.05. The highest BCUT2D eigenvalue weighted by molar-refractivity contribution is 5.55. The van der Waals surface area contributed by atoms with Crippen molar-refractivity contribution in [3.05, 3.63) is 29.6 Å². The van der Waals surface area contributed by atoms with Crippen molar-refractivity contribution in [2.45, 2.75) is 39.0 Å². The monoisotopic (exact) mass is 266 g/mol. The van der Waals surface area contributed by atoms with Gasteiger partial charge >= 0.3 is 0 Å². The summed E-state index contributed by atoms with van der Waals surface area (Å²) in [5.74, 6) is -0.138. The third-order valence-corrected chi connectivity index (χ3v) is 3.70. The van der Waals surface area contributed by atoms with Gasteiger partial charge in [0.1, 0.15) is 5.82 Å². The van der Waals surface area contributed by atoms with Crippen LogP contribution in [0.15, 0.2) is 18.2 Å². The van der Waals surface area contributed by atoms with Crippen LogP contribution >= 0.6 is 0 Å². The highest BCUT2D eigenvalue weighted by Gasteiger charge is 2.27. The Morgan fingerprint density at radius 3 is 2.95 bits per heavy atom. The van der Waals surface area contributed by atoms with Crippen LogP contribution in [0.1, 0.15) is 25.8 Å². The average Bonchev–Trinajstić information content (AvgIpc) is 2.41. The first kappa shape index (κ1) is 14.3. The Labute approximate surface area is 114 Å². The van der Waals surface area contributed by atoms with Crippen LogP contribution < -0.4 is 10.2 Å². The van der Waals surface area contributed by atoms with Gasteiger partial charge in [0.2, 0.25) is 0 Å². The van der Waals surface area contributed by atoms with Crippen LogP contribution in [0.5, 0.6) is 0 Å². The highest BCUT2D eigenvalue weighted by Crippen LogP contribution is 2.28. The van der Waals surface area contributed by atoms with Crippen molar-refractivity contribution < 1.29 is 9.13 Å². The zero-order valence-corrected chi connectivity index (χ0v) is 11.9. The van der Waals surface area contributed by atoms with E-state index >= 15 is 0 Å². The number of benzene rings is 1. The third-order valence-electron chi connectivity index (χ3n) is 3.70. The van der Waals surface area contributed by atoms with Crippen molar-refractivity contribution in [2.75, 3.05) is 25.1 Å². The maximum Gasteiger partial charge on any atom is 0.129 e. The van der Waals surface area contributed by atoms with Gasteiger partial charge in [0.15, 0.2) is 0 Å². The molecule has 0 aliphatic carbocycles. The van der Waals surface area contributed by atoms with E-state index in [0.29, 0.717) is 19.2 Å². The standard InChI is InChI=1S/C15H23FN2O/c1-4-12-10-19-11(2)9-18(12)15-7-5-6-14(16)13(15)8-17-3/h5-7,11-12,17H,4,8-10H2,1-3H3. The van der Waals surface area contributed by atoms with Crippen molar-refractivity contribution in [2.24, 2.45) is 0 Å². The van der Waals surface area contributed by atoms with Crippen LogP contribution in [0.4, 0.5) is 10.1 Å². The molecule has 4 heteroatoms. The molecule has 0 amide bonds. The summed E-state index contributed by atoms with van der Waals surface area (Å²) in [6.45, 7) is 6.29. The number of halogens is 1. The summed E-state index contributed by atoms with van der Waals surface area (Å²) in [7, 11) is 1.84. The molecule has 1 saturated heterocycles. The van der Waals surface area contributed by atoms with E-state index in [-0.39, 0.29) is 11.9 Å². The molecule has 1 fully saturated rings. The SMILES string of the molecule is CCC1COC(C)CN1c1cccc(F)c1CNC. The van der Waals surface area contributed by atoms with Gasteiger partial charge in [0.05, 0.1) is 18.8 Å². The van der Waals surface area contributed by atoms with Crippen molar-refractivity contribution in [1.82, 2.24) is 5.32 Å². The van der Waals surface area contributed by atoms with E-state index in [1.165, 1.54) is 6.07 Å². The molecule has 1 aliphatic rings. The number of hydrogen-bond donors (Lipinski definition) is 1. The van der Waals surface area contributed by atoms with Crippen molar-refractivity contribution in [3.63, 3.8) is 0 Å². The molecule has 2 rings (SSSR count). The van der Waals surface area contributed by atoms with Crippen molar-refractivity contribution in [1.29, 1.82) is 0 Å². The number of morpholine rings is 1. The van der Waals surface area contributed by atoms with Gasteiger partial charge in [-0.15, -0.1) is 0 Å². The molecule has 1 aromatic rings. The molecule has 1 aliphatic heterocycles. The molecule has 3 nitrogen and oxygen atoms in total. The van der Waals surface area contributed by atoms with Crippen LogP contribution in [-0.2, 0) is 11.3 Å². The Hall–Kier alpha value is -1.13. The quantitative estimate of drug-likeness (QED) is 0.906. The van der Waals surface area contributed by atoms with Crippen LogP contribution in [0.25, 0.3) is 0 Å². The van der Waals surface area contributed by atoms with Crippen LogP contribution in [-0.4, -0.2) is 32.3 Å². The summed E-state index contributed by atoms with van der Waals surface area (Å²) in [6, 6.07) is 5.65. The zero-order chi connectivity index (χ0) is 13.8. The van der Waals surface area contributed by atoms with E-state index in [0.717, 1.165) is 24.2 Å². The Bertz CT molecular complexity index is 425. The third kappa shape index (κ3) is 3.07. The molecule has 0 saturated carbocycles. The van der Waals surface area contributed by atoms with E-state index in [1.54, 1.807) is 6.07 Å². The summed E-state index contributed by atoms with van der Waals surface area (Å²) in [6.07, 6.45) is 1.19. The lowest BCUT2D eigenvalue weighted by Gasteiger charge is -2.41. The zero-order valence-electron chi connectivity index (χ0n) is 11.9. The summed E-state index contributed by atoms with van der Waals surface area (Å²) >= 11 is 0. The fourth-order valence-electron chi connectivity index (χ4n) is 2.65. The summed E-state index contributed by atoms with van der Waals surface area (Å²) in [5.41, 5.74) is 1.74. The number of hydrogen-bond acceptors (Lipinski definition) is 3. The Morgan fingerprint density at radius 1 is 1.47 bits per heavy atom. The molecule has 0 spiro atoms. The topological polar surface area (TPSA) is 24.5 Å². The second-order valence-electron chi connectivity index (χ2n) is 5.13. The minimum atomic E-state index is -0.138. The summed E-state index contributed by atoms with van der Waals surface area (Å²) in [4.78, 5) is 2.30. The van der Waals surface area contributed by atoms with E-state index in [4.69, 9.17) is 4.74 Å². The molecule has 0 radical (unpaired) electrons. The maximum atomic E-state index is 14.0. The van der Waals surface area contributed by atoms with Gasteiger partial charge in [-0.3, -0.25) is 0 Å².